The molecule has 2 N–H and O–H groups in total. The summed E-state index contributed by atoms with van der Waals surface area (Å²) in [6.07, 6.45) is 8.86. The average Bonchev–Trinajstić information content (AvgIpc) is 3.22. The number of fused-ring (bicyclic) bond motifs is 1. The van der Waals surface area contributed by atoms with Gasteiger partial charge >= 0.3 is 0 Å². The molecule has 0 amide bonds. The Hall–Kier alpha value is -2.42. The number of rotatable bonds is 11. The average molecular weight is 536 g/mol. The van der Waals surface area contributed by atoms with Crippen LogP contribution in [0.4, 0.5) is 16.0 Å². The smallest absolute Gasteiger partial charge is 0.226 e. The van der Waals surface area contributed by atoms with Crippen molar-refractivity contribution in [3.63, 3.8) is 0 Å². The van der Waals surface area contributed by atoms with Crippen LogP contribution in [0.5, 0.6) is 5.88 Å². The van der Waals surface area contributed by atoms with Crippen LogP contribution in [-0.4, -0.2) is 52.9 Å². The summed E-state index contributed by atoms with van der Waals surface area (Å²) >= 11 is 12.3. The minimum Gasteiger partial charge on any atom is -0.476 e. The van der Waals surface area contributed by atoms with Gasteiger partial charge in [-0.25, -0.2) is 4.39 Å². The number of Topliss-reactive ketones (excluding diaryl/α,β-unsaturated/α-hetero) is 1. The van der Waals surface area contributed by atoms with Gasteiger partial charge in [0.15, 0.2) is 11.4 Å². The summed E-state index contributed by atoms with van der Waals surface area (Å²) in [5.41, 5.74) is 1.71. The number of aromatic amines is 1. The van der Waals surface area contributed by atoms with Crippen LogP contribution in [-0.2, 0) is 0 Å². The molecule has 1 saturated carbocycles. The summed E-state index contributed by atoms with van der Waals surface area (Å²) in [6, 6.07) is 4.07. The molecule has 0 unspecified atom stereocenters. The molecule has 36 heavy (non-hydrogen) atoms. The molecule has 0 atom stereocenters. The first kappa shape index (κ1) is 26.6. The molecule has 0 radical (unpaired) electrons. The molecule has 3 aromatic rings. The molecule has 194 valence electrons. The summed E-state index contributed by atoms with van der Waals surface area (Å²) in [7, 11) is 3.91. The Bertz CT molecular complexity index is 1190. The fourth-order valence-electron chi connectivity index (χ4n) is 4.56. The Kier molecular flexibility index (Phi) is 9.04. The molecule has 2 heterocycles. The van der Waals surface area contributed by atoms with E-state index in [1.165, 1.54) is 32.1 Å². The molecule has 0 aliphatic heterocycles. The molecule has 1 fully saturated rings. The number of aromatic nitrogens is 3. The predicted molar refractivity (Wildman–Crippen MR) is 142 cm³/mol. The lowest BCUT2D eigenvalue weighted by Crippen LogP contribution is -2.20. The van der Waals surface area contributed by atoms with Gasteiger partial charge in [0.05, 0.1) is 26.8 Å². The maximum Gasteiger partial charge on any atom is 0.226 e. The Labute approximate surface area is 220 Å². The number of H-pyrrole nitrogens is 1. The third-order valence-electron chi connectivity index (χ3n) is 6.51. The van der Waals surface area contributed by atoms with E-state index in [0.29, 0.717) is 47.9 Å². The van der Waals surface area contributed by atoms with Crippen LogP contribution in [0.2, 0.25) is 10.0 Å². The number of hydrogen-bond donors (Lipinski definition) is 2. The van der Waals surface area contributed by atoms with Crippen molar-refractivity contribution in [2.24, 2.45) is 5.92 Å². The third kappa shape index (κ3) is 6.87. The van der Waals surface area contributed by atoms with Crippen molar-refractivity contribution < 1.29 is 13.9 Å². The molecule has 0 saturated heterocycles. The van der Waals surface area contributed by atoms with Crippen LogP contribution < -0.4 is 10.1 Å². The minimum atomic E-state index is -0.534. The zero-order chi connectivity index (χ0) is 25.7. The lowest BCUT2D eigenvalue weighted by Gasteiger charge is -2.21. The van der Waals surface area contributed by atoms with Gasteiger partial charge < -0.3 is 19.9 Å². The number of anilines is 2. The maximum atomic E-state index is 13.5. The van der Waals surface area contributed by atoms with Gasteiger partial charge in [0.1, 0.15) is 12.4 Å². The second-order valence-electron chi connectivity index (χ2n) is 9.64. The van der Waals surface area contributed by atoms with Crippen molar-refractivity contribution in [1.82, 2.24) is 19.9 Å². The number of pyridine rings is 1. The van der Waals surface area contributed by atoms with Gasteiger partial charge in [-0.05, 0) is 44.6 Å². The normalized spacial score (nSPS) is 14.5. The first-order valence-electron chi connectivity index (χ1n) is 12.4. The molecular weight excluding hydrogens is 504 g/mol. The number of ketones is 1. The molecule has 2 aromatic heterocycles. The number of likely N-dealkylation sites (N-methyl/N-ethyl adjacent to an activating group) is 1. The van der Waals surface area contributed by atoms with Gasteiger partial charge in [0.2, 0.25) is 11.8 Å². The molecule has 4 rings (SSSR count). The number of carbonyl (C=O) groups is 1. The SMILES string of the molecule is CN(C)CCOc1nc2nc(Nc3c(Cl)cc(F)cc3Cl)[nH]c2cc1C(=O)CCCC1CCCCC1. The zero-order valence-electron chi connectivity index (χ0n) is 20.7. The van der Waals surface area contributed by atoms with Crippen molar-refractivity contribution in [1.29, 1.82) is 0 Å². The topological polar surface area (TPSA) is 83.1 Å². The number of nitrogens with one attached hydrogen (secondary N) is 2. The van der Waals surface area contributed by atoms with Crippen molar-refractivity contribution in [3.8, 4) is 5.88 Å². The molecule has 10 heteroatoms. The second-order valence-corrected chi connectivity index (χ2v) is 10.5. The van der Waals surface area contributed by atoms with E-state index in [1.807, 2.05) is 19.0 Å². The first-order chi connectivity index (χ1) is 17.3. The van der Waals surface area contributed by atoms with E-state index in [-0.39, 0.29) is 21.7 Å². The fraction of sp³-hybridized carbons (Fsp3) is 0.500. The van der Waals surface area contributed by atoms with E-state index in [4.69, 9.17) is 27.9 Å². The van der Waals surface area contributed by atoms with Gasteiger partial charge in [-0.1, -0.05) is 61.7 Å². The Morgan fingerprint density at radius 3 is 2.58 bits per heavy atom. The summed E-state index contributed by atoms with van der Waals surface area (Å²) in [6.45, 7) is 1.08. The van der Waals surface area contributed by atoms with Gasteiger partial charge in [-0.15, -0.1) is 0 Å². The van der Waals surface area contributed by atoms with Crippen molar-refractivity contribution >= 4 is 51.8 Å². The van der Waals surface area contributed by atoms with E-state index in [0.717, 1.165) is 30.9 Å². The summed E-state index contributed by atoms with van der Waals surface area (Å²) in [5.74, 6) is 0.799. The van der Waals surface area contributed by atoms with Crippen molar-refractivity contribution in [2.75, 3.05) is 32.6 Å². The number of halogens is 3. The predicted octanol–water partition coefficient (Wildman–Crippen LogP) is 7.02. The van der Waals surface area contributed by atoms with Crippen LogP contribution in [0.1, 0.15) is 61.7 Å². The molecule has 1 aliphatic rings. The van der Waals surface area contributed by atoms with Gasteiger partial charge in [0, 0.05) is 13.0 Å². The summed E-state index contributed by atoms with van der Waals surface area (Å²) < 4.78 is 19.5. The molecule has 7 nitrogen and oxygen atoms in total. The monoisotopic (exact) mass is 535 g/mol. The molecular formula is C26H32Cl2FN5O2. The van der Waals surface area contributed by atoms with Gasteiger partial charge in [-0.2, -0.15) is 9.97 Å². The van der Waals surface area contributed by atoms with E-state index < -0.39 is 5.82 Å². The number of ether oxygens (including phenoxy) is 1. The van der Waals surface area contributed by atoms with Gasteiger partial charge in [0.25, 0.3) is 0 Å². The Morgan fingerprint density at radius 1 is 1.17 bits per heavy atom. The van der Waals surface area contributed by atoms with Crippen LogP contribution in [0, 0.1) is 11.7 Å². The molecule has 1 aliphatic carbocycles. The largest absolute Gasteiger partial charge is 0.476 e. The number of nitrogens with zero attached hydrogens (tertiary/aromatic N) is 3. The van der Waals surface area contributed by atoms with Crippen LogP contribution >= 0.6 is 23.2 Å². The van der Waals surface area contributed by atoms with Gasteiger partial charge in [-0.3, -0.25) is 4.79 Å². The standard InChI is InChI=1S/C26H32Cl2FN5O2/c1-34(2)11-12-36-25-18(22(35)10-6-9-16-7-4-3-5-8-16)15-21-24(32-25)33-26(30-21)31-23-19(27)13-17(29)14-20(23)28/h13-16H,3-12H2,1-2H3,(H2,30,31,32,33). The van der Waals surface area contributed by atoms with Crippen molar-refractivity contribution in [3.05, 3.63) is 39.6 Å². The van der Waals surface area contributed by atoms with E-state index in [1.54, 1.807) is 6.07 Å². The summed E-state index contributed by atoms with van der Waals surface area (Å²) in [4.78, 5) is 27.3. The lowest BCUT2D eigenvalue weighted by molar-refractivity contribution is 0.0971. The lowest BCUT2D eigenvalue weighted by atomic mass is 9.85. The molecule has 1 aromatic carbocycles. The molecule has 0 spiro atoms. The van der Waals surface area contributed by atoms with E-state index in [9.17, 15) is 9.18 Å². The van der Waals surface area contributed by atoms with Crippen LogP contribution in [0.15, 0.2) is 18.2 Å². The maximum absolute atomic E-state index is 13.5. The van der Waals surface area contributed by atoms with E-state index in [2.05, 4.69) is 20.3 Å². The number of benzene rings is 1. The zero-order valence-corrected chi connectivity index (χ0v) is 22.2. The first-order valence-corrected chi connectivity index (χ1v) is 13.2. The second kappa shape index (κ2) is 12.2. The summed E-state index contributed by atoms with van der Waals surface area (Å²) in [5, 5.41) is 3.23. The van der Waals surface area contributed by atoms with E-state index >= 15 is 0 Å². The minimum absolute atomic E-state index is 0.00814. The Morgan fingerprint density at radius 2 is 1.89 bits per heavy atom. The highest BCUT2D eigenvalue weighted by Gasteiger charge is 2.20. The number of hydrogen-bond acceptors (Lipinski definition) is 6. The third-order valence-corrected chi connectivity index (χ3v) is 7.10. The highest BCUT2D eigenvalue weighted by Crippen LogP contribution is 2.34. The number of carbonyl (C=O) groups excluding carboxylic acids is 1. The fourth-order valence-corrected chi connectivity index (χ4v) is 5.12. The van der Waals surface area contributed by atoms with Crippen LogP contribution in [0.3, 0.4) is 0 Å². The molecule has 0 bridgehead atoms. The highest BCUT2D eigenvalue weighted by molar-refractivity contribution is 6.39. The van der Waals surface area contributed by atoms with Crippen molar-refractivity contribution in [2.45, 2.75) is 51.4 Å². The number of imidazole rings is 1. The highest BCUT2D eigenvalue weighted by atomic mass is 35.5. The Balaban J connectivity index is 1.54. The van der Waals surface area contributed by atoms with Crippen LogP contribution in [0.25, 0.3) is 11.2 Å². The quantitative estimate of drug-likeness (QED) is 0.256.